The van der Waals surface area contributed by atoms with Crippen LogP contribution in [0.1, 0.15) is 29.2 Å². The Hall–Kier alpha value is -2.77. The minimum Gasteiger partial charge on any atom is -0.358 e. The predicted molar refractivity (Wildman–Crippen MR) is 114 cm³/mol. The molecule has 0 bridgehead atoms. The molecule has 5 rings (SSSR count). The molecular weight excluding hydrogens is 368 g/mol. The van der Waals surface area contributed by atoms with Crippen molar-refractivity contribution in [3.8, 4) is 10.6 Å². The van der Waals surface area contributed by atoms with Crippen molar-refractivity contribution in [1.82, 2.24) is 20.4 Å². The van der Waals surface area contributed by atoms with E-state index in [-0.39, 0.29) is 6.04 Å². The molecule has 28 heavy (non-hydrogen) atoms. The highest BCUT2D eigenvalue weighted by Crippen LogP contribution is 2.35. The normalized spacial score (nSPS) is 17.0. The summed E-state index contributed by atoms with van der Waals surface area (Å²) in [5.74, 6) is 0.405. The fraction of sp³-hybridized carbons (Fsp3) is 0.286. The van der Waals surface area contributed by atoms with Crippen LogP contribution in [-0.2, 0) is 6.42 Å². The number of nitrogens with two attached hydrogens (primary N) is 1. The highest BCUT2D eigenvalue weighted by Gasteiger charge is 2.27. The van der Waals surface area contributed by atoms with Crippen LogP contribution in [0.15, 0.2) is 42.5 Å². The van der Waals surface area contributed by atoms with Gasteiger partial charge in [0.2, 0.25) is 5.13 Å². The number of aryl methyl sites for hydroxylation is 2. The zero-order chi connectivity index (χ0) is 19.1. The van der Waals surface area contributed by atoms with Crippen LogP contribution in [-0.4, -0.2) is 33.0 Å². The molecule has 0 fully saturated rings. The number of benzene rings is 2. The molecule has 1 aliphatic carbocycles. The Kier molecular flexibility index (Phi) is 4.33. The molecular formula is C21H22N6S. The first-order valence-electron chi connectivity index (χ1n) is 9.55. The number of H-pyrrole nitrogens is 1. The SMILES string of the molecule is Cc1n[nH]c2ccc(-c3nnc(NCC(N)[C@@H]4CCc5ccccc54)s3)cc12. The van der Waals surface area contributed by atoms with Gasteiger partial charge in [0.1, 0.15) is 5.01 Å². The van der Waals surface area contributed by atoms with E-state index in [1.54, 1.807) is 11.3 Å². The third-order valence-electron chi connectivity index (χ3n) is 5.61. The maximum atomic E-state index is 6.51. The molecule has 2 aromatic carbocycles. The lowest BCUT2D eigenvalue weighted by atomic mass is 9.94. The summed E-state index contributed by atoms with van der Waals surface area (Å²) < 4.78 is 0. The number of hydrogen-bond acceptors (Lipinski definition) is 6. The molecule has 0 aliphatic heterocycles. The van der Waals surface area contributed by atoms with Crippen LogP contribution < -0.4 is 11.1 Å². The van der Waals surface area contributed by atoms with Crippen molar-refractivity contribution in [3.63, 3.8) is 0 Å². The molecule has 4 N–H and O–H groups in total. The van der Waals surface area contributed by atoms with Gasteiger partial charge in [0, 0.05) is 29.5 Å². The summed E-state index contributed by atoms with van der Waals surface area (Å²) in [5.41, 5.74) is 12.4. The lowest BCUT2D eigenvalue weighted by Crippen LogP contribution is -2.34. The third-order valence-corrected chi connectivity index (χ3v) is 6.54. The van der Waals surface area contributed by atoms with Crippen molar-refractivity contribution in [1.29, 1.82) is 0 Å². The molecule has 0 radical (unpaired) electrons. The second-order valence-corrected chi connectivity index (χ2v) is 8.35. The smallest absolute Gasteiger partial charge is 0.206 e. The Morgan fingerprint density at radius 3 is 3.07 bits per heavy atom. The number of aromatic nitrogens is 4. The molecule has 1 unspecified atom stereocenters. The van der Waals surface area contributed by atoms with E-state index >= 15 is 0 Å². The highest BCUT2D eigenvalue weighted by molar-refractivity contribution is 7.18. The first-order chi connectivity index (χ1) is 13.7. The number of rotatable bonds is 5. The average molecular weight is 391 g/mol. The van der Waals surface area contributed by atoms with Gasteiger partial charge in [0.05, 0.1) is 11.2 Å². The average Bonchev–Trinajstić information content (AvgIpc) is 3.44. The number of nitrogens with zero attached hydrogens (tertiary/aromatic N) is 3. The number of nitrogens with one attached hydrogen (secondary N) is 2. The van der Waals surface area contributed by atoms with Crippen LogP contribution in [0.4, 0.5) is 5.13 Å². The van der Waals surface area contributed by atoms with E-state index < -0.39 is 0 Å². The molecule has 2 atom stereocenters. The molecule has 6 nitrogen and oxygen atoms in total. The van der Waals surface area contributed by atoms with E-state index in [9.17, 15) is 0 Å². The van der Waals surface area contributed by atoms with Gasteiger partial charge in [-0.3, -0.25) is 5.10 Å². The minimum absolute atomic E-state index is 0.0564. The highest BCUT2D eigenvalue weighted by atomic mass is 32.1. The second-order valence-electron chi connectivity index (χ2n) is 7.37. The van der Waals surface area contributed by atoms with Gasteiger partial charge in [-0.25, -0.2) is 0 Å². The van der Waals surface area contributed by atoms with E-state index in [4.69, 9.17) is 5.73 Å². The topological polar surface area (TPSA) is 92.5 Å². The molecule has 0 saturated heterocycles. The maximum absolute atomic E-state index is 6.51. The van der Waals surface area contributed by atoms with E-state index in [2.05, 4.69) is 56.0 Å². The summed E-state index contributed by atoms with van der Waals surface area (Å²) in [6, 6.07) is 14.9. The fourth-order valence-electron chi connectivity index (χ4n) is 4.07. The lowest BCUT2D eigenvalue weighted by molar-refractivity contribution is 0.546. The summed E-state index contributed by atoms with van der Waals surface area (Å²) >= 11 is 1.55. The number of fused-ring (bicyclic) bond motifs is 2. The summed E-state index contributed by atoms with van der Waals surface area (Å²) in [7, 11) is 0. The van der Waals surface area contributed by atoms with Crippen molar-refractivity contribution in [2.24, 2.45) is 5.73 Å². The monoisotopic (exact) mass is 390 g/mol. The van der Waals surface area contributed by atoms with Gasteiger partial charge >= 0.3 is 0 Å². The molecule has 2 aromatic heterocycles. The minimum atomic E-state index is 0.0564. The van der Waals surface area contributed by atoms with E-state index in [0.717, 1.165) is 45.1 Å². The predicted octanol–water partition coefficient (Wildman–Crippen LogP) is 3.86. The Labute approximate surface area is 167 Å². The van der Waals surface area contributed by atoms with Crippen molar-refractivity contribution in [2.75, 3.05) is 11.9 Å². The quantitative estimate of drug-likeness (QED) is 0.481. The zero-order valence-corrected chi connectivity index (χ0v) is 16.5. The largest absolute Gasteiger partial charge is 0.358 e. The van der Waals surface area contributed by atoms with Gasteiger partial charge in [-0.15, -0.1) is 10.2 Å². The van der Waals surface area contributed by atoms with Crippen LogP contribution in [0.5, 0.6) is 0 Å². The third kappa shape index (κ3) is 3.06. The summed E-state index contributed by atoms with van der Waals surface area (Å²) in [6.07, 6.45) is 2.24. The standard InChI is InChI=1S/C21H22N6S/c1-12-17-10-14(7-9-19(17)25-24-12)20-26-27-21(28-20)23-11-18(22)16-8-6-13-4-2-3-5-15(13)16/h2-5,7,9-10,16,18H,6,8,11,22H2,1H3,(H,23,27)(H,24,25)/t16-,18?/m1/s1. The van der Waals surface area contributed by atoms with Crippen molar-refractivity contribution in [3.05, 3.63) is 59.3 Å². The Morgan fingerprint density at radius 2 is 2.14 bits per heavy atom. The number of aromatic amines is 1. The number of hydrogen-bond donors (Lipinski definition) is 3. The fourth-order valence-corrected chi connectivity index (χ4v) is 4.82. The van der Waals surface area contributed by atoms with Crippen LogP contribution >= 0.6 is 11.3 Å². The van der Waals surface area contributed by atoms with E-state index in [1.165, 1.54) is 11.1 Å². The van der Waals surface area contributed by atoms with Crippen LogP contribution in [0.2, 0.25) is 0 Å². The molecule has 0 saturated carbocycles. The van der Waals surface area contributed by atoms with Gasteiger partial charge in [-0.05, 0) is 49.1 Å². The molecule has 0 spiro atoms. The second kappa shape index (κ2) is 7.00. The molecule has 2 heterocycles. The van der Waals surface area contributed by atoms with Gasteiger partial charge in [0.25, 0.3) is 0 Å². The van der Waals surface area contributed by atoms with Crippen molar-refractivity contribution in [2.45, 2.75) is 31.7 Å². The summed E-state index contributed by atoms with van der Waals surface area (Å²) in [4.78, 5) is 0. The first kappa shape index (κ1) is 17.3. The lowest BCUT2D eigenvalue weighted by Gasteiger charge is -2.20. The summed E-state index contributed by atoms with van der Waals surface area (Å²) in [6.45, 7) is 2.69. The Bertz CT molecular complexity index is 1130. The van der Waals surface area contributed by atoms with Crippen LogP contribution in [0, 0.1) is 6.92 Å². The zero-order valence-electron chi connectivity index (χ0n) is 15.6. The number of anilines is 1. The molecule has 142 valence electrons. The van der Waals surface area contributed by atoms with Crippen molar-refractivity contribution < 1.29 is 0 Å². The maximum Gasteiger partial charge on any atom is 0.206 e. The molecule has 4 aromatic rings. The van der Waals surface area contributed by atoms with Crippen molar-refractivity contribution >= 4 is 27.4 Å². The molecule has 0 amide bonds. The van der Waals surface area contributed by atoms with Gasteiger partial charge in [-0.2, -0.15) is 5.10 Å². The van der Waals surface area contributed by atoms with E-state index in [0.29, 0.717) is 12.5 Å². The van der Waals surface area contributed by atoms with Crippen LogP contribution in [0.25, 0.3) is 21.5 Å². The van der Waals surface area contributed by atoms with E-state index in [1.807, 2.05) is 19.1 Å². The first-order valence-corrected chi connectivity index (χ1v) is 10.4. The van der Waals surface area contributed by atoms with Crippen LogP contribution in [0.3, 0.4) is 0 Å². The Morgan fingerprint density at radius 1 is 1.25 bits per heavy atom. The molecule has 7 heteroatoms. The van der Waals surface area contributed by atoms with Gasteiger partial charge in [0.15, 0.2) is 0 Å². The summed E-state index contributed by atoms with van der Waals surface area (Å²) in [5, 5.41) is 22.1. The Balaban J connectivity index is 1.28. The van der Waals surface area contributed by atoms with Gasteiger partial charge in [-0.1, -0.05) is 35.6 Å². The molecule has 1 aliphatic rings. The van der Waals surface area contributed by atoms with Gasteiger partial charge < -0.3 is 11.1 Å².